The molecule has 2 aromatic carbocycles. The number of carbonyl (C=O) groups is 1. The highest BCUT2D eigenvalue weighted by atomic mass is 32.2. The highest BCUT2D eigenvalue weighted by molar-refractivity contribution is 7.99. The molecule has 0 fully saturated rings. The molecule has 0 unspecified atom stereocenters. The maximum absolute atomic E-state index is 12.0. The van der Waals surface area contributed by atoms with Crippen molar-refractivity contribution in [2.75, 3.05) is 11.1 Å². The molecule has 11 heteroatoms. The molecule has 0 spiro atoms. The van der Waals surface area contributed by atoms with Gasteiger partial charge in [0, 0.05) is 35.5 Å². The second kappa shape index (κ2) is 8.89. The summed E-state index contributed by atoms with van der Waals surface area (Å²) < 4.78 is 0. The molecule has 1 aromatic heterocycles. The normalized spacial score (nSPS) is 10.3. The van der Waals surface area contributed by atoms with Gasteiger partial charge in [-0.1, -0.05) is 17.8 Å². The fourth-order valence-corrected chi connectivity index (χ4v) is 2.95. The Morgan fingerprint density at radius 1 is 0.931 bits per heavy atom. The van der Waals surface area contributed by atoms with Crippen molar-refractivity contribution in [1.82, 2.24) is 10.2 Å². The number of nitrogens with one attached hydrogen (secondary N) is 1. The van der Waals surface area contributed by atoms with Crippen LogP contribution < -0.4 is 5.32 Å². The SMILES string of the molecule is O=C(CSc1ccc(-c2ccc([N+](=O)[O-])cc2)nn1)Nc1cccc([N+](=O)[O-])c1. The number of anilines is 1. The molecule has 0 aliphatic carbocycles. The minimum atomic E-state index is -0.535. The van der Waals surface area contributed by atoms with Crippen molar-refractivity contribution >= 4 is 34.7 Å². The molecule has 3 aromatic rings. The lowest BCUT2D eigenvalue weighted by Crippen LogP contribution is -2.14. The van der Waals surface area contributed by atoms with Gasteiger partial charge in [-0.2, -0.15) is 0 Å². The van der Waals surface area contributed by atoms with Gasteiger partial charge in [0.15, 0.2) is 0 Å². The van der Waals surface area contributed by atoms with E-state index in [-0.39, 0.29) is 23.0 Å². The summed E-state index contributed by atoms with van der Waals surface area (Å²) in [4.78, 5) is 32.5. The number of benzene rings is 2. The fourth-order valence-electron chi connectivity index (χ4n) is 2.34. The average molecular weight is 411 g/mol. The van der Waals surface area contributed by atoms with Gasteiger partial charge in [0.1, 0.15) is 5.03 Å². The molecule has 1 amide bonds. The van der Waals surface area contributed by atoms with E-state index < -0.39 is 9.85 Å². The second-order valence-electron chi connectivity index (χ2n) is 5.71. The first kappa shape index (κ1) is 19.9. The molecule has 0 saturated carbocycles. The van der Waals surface area contributed by atoms with E-state index in [1.807, 2.05) is 0 Å². The minimum absolute atomic E-state index is 0.0105. The number of nitro benzene ring substituents is 2. The van der Waals surface area contributed by atoms with Crippen LogP contribution in [0.3, 0.4) is 0 Å². The molecule has 0 aliphatic rings. The van der Waals surface area contributed by atoms with E-state index in [4.69, 9.17) is 0 Å². The highest BCUT2D eigenvalue weighted by Crippen LogP contribution is 2.23. The number of thioether (sulfide) groups is 1. The van der Waals surface area contributed by atoms with Crippen LogP contribution in [0.5, 0.6) is 0 Å². The summed E-state index contributed by atoms with van der Waals surface area (Å²) in [7, 11) is 0. The highest BCUT2D eigenvalue weighted by Gasteiger charge is 2.10. The van der Waals surface area contributed by atoms with Gasteiger partial charge >= 0.3 is 0 Å². The van der Waals surface area contributed by atoms with Crippen LogP contribution in [0.1, 0.15) is 0 Å². The van der Waals surface area contributed by atoms with E-state index in [1.165, 1.54) is 30.3 Å². The summed E-state index contributed by atoms with van der Waals surface area (Å²) in [5, 5.41) is 32.7. The third-order valence-electron chi connectivity index (χ3n) is 3.71. The number of rotatable bonds is 7. The van der Waals surface area contributed by atoms with Crippen LogP contribution in [-0.4, -0.2) is 31.7 Å². The standard InChI is InChI=1S/C18H13N5O5S/c24-17(19-13-2-1-3-15(10-13)23(27)28)11-29-18-9-8-16(20-21-18)12-4-6-14(7-5-12)22(25)26/h1-10H,11H2,(H,19,24). The first-order chi connectivity index (χ1) is 13.9. The number of aromatic nitrogens is 2. The summed E-state index contributed by atoms with van der Waals surface area (Å²) in [6.45, 7) is 0. The van der Waals surface area contributed by atoms with Crippen LogP contribution >= 0.6 is 11.8 Å². The third-order valence-corrected chi connectivity index (χ3v) is 4.63. The van der Waals surface area contributed by atoms with Crippen LogP contribution in [0.25, 0.3) is 11.3 Å². The molecule has 1 heterocycles. The summed E-state index contributed by atoms with van der Waals surface area (Å²) in [6, 6.07) is 15.0. The molecule has 0 atom stereocenters. The molecule has 0 saturated heterocycles. The van der Waals surface area contributed by atoms with Crippen molar-refractivity contribution in [3.63, 3.8) is 0 Å². The zero-order valence-corrected chi connectivity index (χ0v) is 15.5. The van der Waals surface area contributed by atoms with Crippen LogP contribution in [0.4, 0.5) is 17.1 Å². The number of nitro groups is 2. The van der Waals surface area contributed by atoms with E-state index in [2.05, 4.69) is 15.5 Å². The molecular weight excluding hydrogens is 398 g/mol. The van der Waals surface area contributed by atoms with E-state index in [9.17, 15) is 25.0 Å². The predicted octanol–water partition coefficient (Wildman–Crippen LogP) is 3.69. The molecule has 0 radical (unpaired) electrons. The molecular formula is C18H13N5O5S. The molecule has 0 aliphatic heterocycles. The molecule has 10 nitrogen and oxygen atoms in total. The van der Waals surface area contributed by atoms with Crippen molar-refractivity contribution in [2.24, 2.45) is 0 Å². The van der Waals surface area contributed by atoms with Gasteiger partial charge in [-0.3, -0.25) is 25.0 Å². The van der Waals surface area contributed by atoms with E-state index in [1.54, 1.807) is 30.3 Å². The lowest BCUT2D eigenvalue weighted by Gasteiger charge is -2.05. The van der Waals surface area contributed by atoms with Crippen LogP contribution in [-0.2, 0) is 4.79 Å². The fraction of sp³-hybridized carbons (Fsp3) is 0.0556. The minimum Gasteiger partial charge on any atom is -0.325 e. The largest absolute Gasteiger partial charge is 0.325 e. The molecule has 29 heavy (non-hydrogen) atoms. The maximum atomic E-state index is 12.0. The summed E-state index contributed by atoms with van der Waals surface area (Å²) >= 11 is 1.16. The molecule has 1 N–H and O–H groups in total. The number of hydrogen-bond acceptors (Lipinski definition) is 8. The number of carbonyl (C=O) groups excluding carboxylic acids is 1. The topological polar surface area (TPSA) is 141 Å². The monoisotopic (exact) mass is 411 g/mol. The van der Waals surface area contributed by atoms with Gasteiger partial charge in [-0.15, -0.1) is 10.2 Å². The summed E-state index contributed by atoms with van der Waals surface area (Å²) in [5.41, 5.74) is 1.45. The summed E-state index contributed by atoms with van der Waals surface area (Å²) in [5.74, 6) is -0.286. The number of hydrogen-bond donors (Lipinski definition) is 1. The second-order valence-corrected chi connectivity index (χ2v) is 6.70. The molecule has 3 rings (SSSR count). The Balaban J connectivity index is 1.57. The number of amides is 1. The first-order valence-electron chi connectivity index (χ1n) is 8.18. The Bertz CT molecular complexity index is 1060. The Kier molecular flexibility index (Phi) is 6.09. The van der Waals surface area contributed by atoms with E-state index in [0.717, 1.165) is 11.8 Å². The van der Waals surface area contributed by atoms with Crippen LogP contribution in [0.15, 0.2) is 65.7 Å². The zero-order valence-electron chi connectivity index (χ0n) is 14.7. The van der Waals surface area contributed by atoms with Crippen molar-refractivity contribution < 1.29 is 14.6 Å². The molecule has 146 valence electrons. The average Bonchev–Trinajstić information content (AvgIpc) is 2.73. The predicted molar refractivity (Wildman–Crippen MR) is 107 cm³/mol. The first-order valence-corrected chi connectivity index (χ1v) is 9.16. The Hall–Kier alpha value is -3.86. The van der Waals surface area contributed by atoms with Gasteiger partial charge in [0.25, 0.3) is 11.4 Å². The Labute approximate surface area is 168 Å². The van der Waals surface area contributed by atoms with Gasteiger partial charge in [-0.25, -0.2) is 0 Å². The van der Waals surface area contributed by atoms with Crippen molar-refractivity contribution in [2.45, 2.75) is 5.03 Å². The summed E-state index contributed by atoms with van der Waals surface area (Å²) in [6.07, 6.45) is 0. The third kappa shape index (κ3) is 5.32. The Morgan fingerprint density at radius 3 is 2.28 bits per heavy atom. The zero-order chi connectivity index (χ0) is 20.8. The van der Waals surface area contributed by atoms with Crippen molar-refractivity contribution in [3.8, 4) is 11.3 Å². The smallest absolute Gasteiger partial charge is 0.271 e. The van der Waals surface area contributed by atoms with Gasteiger partial charge in [0.2, 0.25) is 5.91 Å². The maximum Gasteiger partial charge on any atom is 0.271 e. The number of nitrogens with zero attached hydrogens (tertiary/aromatic N) is 4. The quantitative estimate of drug-likeness (QED) is 0.352. The van der Waals surface area contributed by atoms with Gasteiger partial charge < -0.3 is 5.32 Å². The van der Waals surface area contributed by atoms with E-state index in [0.29, 0.717) is 22.0 Å². The van der Waals surface area contributed by atoms with Crippen molar-refractivity contribution in [3.05, 3.63) is 80.9 Å². The lowest BCUT2D eigenvalue weighted by atomic mass is 10.1. The van der Waals surface area contributed by atoms with Crippen LogP contribution in [0.2, 0.25) is 0 Å². The lowest BCUT2D eigenvalue weighted by molar-refractivity contribution is -0.385. The van der Waals surface area contributed by atoms with Gasteiger partial charge in [0.05, 0.1) is 21.3 Å². The van der Waals surface area contributed by atoms with Gasteiger partial charge in [-0.05, 0) is 30.3 Å². The Morgan fingerprint density at radius 2 is 1.66 bits per heavy atom. The number of non-ortho nitro benzene ring substituents is 2. The van der Waals surface area contributed by atoms with Crippen molar-refractivity contribution in [1.29, 1.82) is 0 Å². The van der Waals surface area contributed by atoms with Crippen LogP contribution in [0, 0.1) is 20.2 Å². The molecule has 0 bridgehead atoms. The van der Waals surface area contributed by atoms with E-state index >= 15 is 0 Å².